The van der Waals surface area contributed by atoms with E-state index in [1.807, 2.05) is 4.90 Å². The minimum Gasteiger partial charge on any atom is -0.338 e. The maximum atomic E-state index is 13.1. The summed E-state index contributed by atoms with van der Waals surface area (Å²) in [4.78, 5) is 44.0. The molecular weight excluding hydrogens is 370 g/mol. The second-order valence-electron chi connectivity index (χ2n) is 7.69. The van der Waals surface area contributed by atoms with Crippen molar-refractivity contribution in [2.75, 3.05) is 6.54 Å². The van der Waals surface area contributed by atoms with E-state index in [0.29, 0.717) is 12.0 Å². The molecule has 8 nitrogen and oxygen atoms in total. The van der Waals surface area contributed by atoms with Crippen molar-refractivity contribution in [1.82, 2.24) is 23.6 Å². The third-order valence-corrected chi connectivity index (χ3v) is 6.45. The highest BCUT2D eigenvalue weighted by atomic mass is 35.5. The van der Waals surface area contributed by atoms with Gasteiger partial charge in [0.2, 0.25) is 11.2 Å². The van der Waals surface area contributed by atoms with Gasteiger partial charge in [-0.3, -0.25) is 23.3 Å². The molecule has 3 heterocycles. The van der Waals surface area contributed by atoms with Crippen molar-refractivity contribution < 1.29 is 4.79 Å². The lowest BCUT2D eigenvalue weighted by atomic mass is 9.78. The number of rotatable bonds is 2. The van der Waals surface area contributed by atoms with Gasteiger partial charge in [0.05, 0.1) is 0 Å². The van der Waals surface area contributed by atoms with Crippen molar-refractivity contribution in [3.05, 3.63) is 26.1 Å². The summed E-state index contributed by atoms with van der Waals surface area (Å²) in [5, 5.41) is 0.0499. The molecule has 0 bridgehead atoms. The Morgan fingerprint density at radius 1 is 1.11 bits per heavy atom. The zero-order valence-electron chi connectivity index (χ0n) is 15.7. The van der Waals surface area contributed by atoms with Gasteiger partial charge in [-0.15, -0.1) is 0 Å². The van der Waals surface area contributed by atoms with E-state index in [0.717, 1.165) is 30.4 Å². The number of aromatic nitrogens is 4. The molecule has 1 saturated heterocycles. The molecule has 27 heavy (non-hydrogen) atoms. The Labute approximate surface area is 161 Å². The summed E-state index contributed by atoms with van der Waals surface area (Å²) in [6, 6.07) is 0.292. The van der Waals surface area contributed by atoms with Crippen molar-refractivity contribution in [2.24, 2.45) is 20.0 Å². The first-order valence-corrected chi connectivity index (χ1v) is 9.89. The molecule has 2 aliphatic rings. The predicted molar refractivity (Wildman–Crippen MR) is 102 cm³/mol. The number of carbonyl (C=O) groups excluding carboxylic acids is 1. The van der Waals surface area contributed by atoms with Crippen LogP contribution in [-0.4, -0.2) is 42.1 Å². The Bertz CT molecular complexity index is 1020. The summed E-state index contributed by atoms with van der Waals surface area (Å²) in [6.45, 7) is 0.715. The zero-order chi connectivity index (χ0) is 19.3. The van der Waals surface area contributed by atoms with Gasteiger partial charge < -0.3 is 4.90 Å². The number of imidazole rings is 1. The molecule has 2 atom stereocenters. The maximum absolute atomic E-state index is 13.1. The first-order chi connectivity index (χ1) is 12.9. The van der Waals surface area contributed by atoms with E-state index in [-0.39, 0.29) is 28.9 Å². The summed E-state index contributed by atoms with van der Waals surface area (Å²) in [6.07, 6.45) is 6.83. The predicted octanol–water partition coefficient (Wildman–Crippen LogP) is 1.27. The lowest BCUT2D eigenvalue weighted by molar-refractivity contribution is -0.138. The maximum Gasteiger partial charge on any atom is 0.332 e. The molecule has 0 radical (unpaired) electrons. The van der Waals surface area contributed by atoms with Gasteiger partial charge in [-0.05, 0) is 43.2 Å². The molecular formula is C18H24ClN5O3. The van der Waals surface area contributed by atoms with Crippen LogP contribution in [0.25, 0.3) is 11.2 Å². The quantitative estimate of drug-likeness (QED) is 0.719. The van der Waals surface area contributed by atoms with E-state index in [1.54, 1.807) is 0 Å². The van der Waals surface area contributed by atoms with Crippen LogP contribution >= 0.6 is 11.6 Å². The van der Waals surface area contributed by atoms with Crippen molar-refractivity contribution in [2.45, 2.75) is 51.1 Å². The molecule has 4 rings (SSSR count). The molecule has 2 fully saturated rings. The molecule has 146 valence electrons. The van der Waals surface area contributed by atoms with E-state index in [9.17, 15) is 14.4 Å². The van der Waals surface area contributed by atoms with Crippen molar-refractivity contribution >= 4 is 28.7 Å². The highest BCUT2D eigenvalue weighted by Gasteiger charge is 2.36. The summed E-state index contributed by atoms with van der Waals surface area (Å²) in [5.41, 5.74) is -0.569. The number of piperidine rings is 1. The Hall–Kier alpha value is -2.09. The normalized spacial score (nSPS) is 22.9. The minimum absolute atomic E-state index is 0.0357. The largest absolute Gasteiger partial charge is 0.338 e. The number of carbonyl (C=O) groups is 1. The van der Waals surface area contributed by atoms with Crippen LogP contribution in [0.15, 0.2) is 9.59 Å². The fourth-order valence-electron chi connectivity index (χ4n) is 4.72. The SMILES string of the molecule is Cn1c(=O)c2c(nc(Cl)n2CC(=O)N2CCC[C@H]3CCCC[C@@H]32)n(C)c1=O. The molecule has 9 heteroatoms. The van der Waals surface area contributed by atoms with Crippen LogP contribution in [0, 0.1) is 5.92 Å². The van der Waals surface area contributed by atoms with Gasteiger partial charge in [-0.1, -0.05) is 12.8 Å². The second-order valence-corrected chi connectivity index (χ2v) is 8.02. The van der Waals surface area contributed by atoms with Gasteiger partial charge in [-0.25, -0.2) is 4.79 Å². The summed E-state index contributed by atoms with van der Waals surface area (Å²) < 4.78 is 3.73. The number of halogens is 1. The van der Waals surface area contributed by atoms with Crippen LogP contribution < -0.4 is 11.2 Å². The summed E-state index contributed by atoms with van der Waals surface area (Å²) in [7, 11) is 2.95. The first kappa shape index (κ1) is 18.3. The molecule has 1 aliphatic heterocycles. The number of nitrogens with zero attached hydrogens (tertiary/aromatic N) is 5. The van der Waals surface area contributed by atoms with Crippen molar-refractivity contribution in [3.63, 3.8) is 0 Å². The molecule has 0 N–H and O–H groups in total. The smallest absolute Gasteiger partial charge is 0.332 e. The second kappa shape index (κ2) is 6.82. The van der Waals surface area contributed by atoms with Gasteiger partial charge >= 0.3 is 5.69 Å². The summed E-state index contributed by atoms with van der Waals surface area (Å²) in [5.74, 6) is 0.545. The molecule has 2 aromatic heterocycles. The topological polar surface area (TPSA) is 82.1 Å². The highest BCUT2D eigenvalue weighted by molar-refractivity contribution is 6.29. The van der Waals surface area contributed by atoms with Gasteiger partial charge in [0.1, 0.15) is 6.54 Å². The van der Waals surface area contributed by atoms with Crippen LogP contribution in [-0.2, 0) is 25.4 Å². The van der Waals surface area contributed by atoms with Crippen LogP contribution in [0.4, 0.5) is 0 Å². The lowest BCUT2D eigenvalue weighted by Crippen LogP contribution is -2.50. The van der Waals surface area contributed by atoms with Crippen molar-refractivity contribution in [3.8, 4) is 0 Å². The average molecular weight is 394 g/mol. The molecule has 0 spiro atoms. The zero-order valence-corrected chi connectivity index (χ0v) is 16.4. The third kappa shape index (κ3) is 2.90. The van der Waals surface area contributed by atoms with Gasteiger partial charge in [0, 0.05) is 26.7 Å². The highest BCUT2D eigenvalue weighted by Crippen LogP contribution is 2.35. The molecule has 2 aromatic rings. The number of amides is 1. The Kier molecular flexibility index (Phi) is 4.61. The molecule has 1 aliphatic carbocycles. The molecule has 1 saturated carbocycles. The Morgan fingerprint density at radius 2 is 1.81 bits per heavy atom. The standard InChI is InChI=1S/C18H24ClN5O3/c1-21-15-14(16(26)22(2)18(21)27)24(17(19)20-15)10-13(25)23-9-5-7-11-6-3-4-8-12(11)23/h11-12H,3-10H2,1-2H3/t11-,12+/m1/s1. The van der Waals surface area contributed by atoms with Crippen LogP contribution in [0.2, 0.25) is 5.28 Å². The number of hydrogen-bond donors (Lipinski definition) is 0. The average Bonchev–Trinajstić information content (AvgIpc) is 3.00. The fraction of sp³-hybridized carbons (Fsp3) is 0.667. The van der Waals surface area contributed by atoms with E-state index in [2.05, 4.69) is 4.98 Å². The Morgan fingerprint density at radius 3 is 2.59 bits per heavy atom. The van der Waals surface area contributed by atoms with Crippen LogP contribution in [0.5, 0.6) is 0 Å². The van der Waals surface area contributed by atoms with Crippen LogP contribution in [0.1, 0.15) is 38.5 Å². The first-order valence-electron chi connectivity index (χ1n) is 9.51. The number of likely N-dealkylation sites (tertiary alicyclic amines) is 1. The number of hydrogen-bond acceptors (Lipinski definition) is 4. The van der Waals surface area contributed by atoms with E-state index in [4.69, 9.17) is 11.6 Å². The van der Waals surface area contributed by atoms with Gasteiger partial charge in [0.25, 0.3) is 5.56 Å². The fourth-order valence-corrected chi connectivity index (χ4v) is 4.95. The minimum atomic E-state index is -0.491. The molecule has 0 aromatic carbocycles. The third-order valence-electron chi connectivity index (χ3n) is 6.16. The van der Waals surface area contributed by atoms with Gasteiger partial charge in [-0.2, -0.15) is 4.98 Å². The number of fused-ring (bicyclic) bond motifs is 2. The van der Waals surface area contributed by atoms with E-state index < -0.39 is 11.2 Å². The molecule has 0 unspecified atom stereocenters. The van der Waals surface area contributed by atoms with Crippen LogP contribution in [0.3, 0.4) is 0 Å². The number of aryl methyl sites for hydroxylation is 1. The summed E-state index contributed by atoms with van der Waals surface area (Å²) >= 11 is 6.25. The lowest BCUT2D eigenvalue weighted by Gasteiger charge is -2.44. The molecule has 1 amide bonds. The monoisotopic (exact) mass is 393 g/mol. The van der Waals surface area contributed by atoms with E-state index >= 15 is 0 Å². The Balaban J connectivity index is 1.71. The van der Waals surface area contributed by atoms with Gasteiger partial charge in [0.15, 0.2) is 11.2 Å². The van der Waals surface area contributed by atoms with E-state index in [1.165, 1.54) is 42.5 Å². The van der Waals surface area contributed by atoms with Crippen molar-refractivity contribution in [1.29, 1.82) is 0 Å².